The fourth-order valence-electron chi connectivity index (χ4n) is 0.879. The SMILES string of the molecule is F[B-](F)(F)c1c(Cl)c(Cl)cc(Cl)c1Cl.[K+]. The normalized spacial score (nSPS) is 11.1. The van der Waals surface area contributed by atoms with E-state index in [4.69, 9.17) is 46.4 Å². The van der Waals surface area contributed by atoms with E-state index in [-0.39, 0.29) is 61.4 Å². The fourth-order valence-corrected chi connectivity index (χ4v) is 1.95. The van der Waals surface area contributed by atoms with Crippen LogP contribution in [0.1, 0.15) is 0 Å². The van der Waals surface area contributed by atoms with Gasteiger partial charge in [0.1, 0.15) is 0 Å². The summed E-state index contributed by atoms with van der Waals surface area (Å²) >= 11 is 21.6. The Morgan fingerprint density at radius 3 is 1.47 bits per heavy atom. The topological polar surface area (TPSA) is 0 Å². The summed E-state index contributed by atoms with van der Waals surface area (Å²) in [4.78, 5) is 0. The molecule has 0 saturated carbocycles. The smallest absolute Gasteiger partial charge is 0.445 e. The summed E-state index contributed by atoms with van der Waals surface area (Å²) in [5.74, 6) is 0. The van der Waals surface area contributed by atoms with Crippen LogP contribution < -0.4 is 56.8 Å². The number of rotatable bonds is 1. The van der Waals surface area contributed by atoms with Gasteiger partial charge in [-0.05, 0) is 6.07 Å². The second kappa shape index (κ2) is 6.16. The first kappa shape index (κ1) is 16.9. The van der Waals surface area contributed by atoms with Gasteiger partial charge in [0.25, 0.3) is 0 Å². The van der Waals surface area contributed by atoms with Gasteiger partial charge in [0.05, 0.1) is 10.0 Å². The van der Waals surface area contributed by atoms with Crippen LogP contribution in [0.15, 0.2) is 6.07 Å². The van der Waals surface area contributed by atoms with Gasteiger partial charge >= 0.3 is 58.4 Å². The quantitative estimate of drug-likeness (QED) is 0.541. The van der Waals surface area contributed by atoms with Gasteiger partial charge in [-0.1, -0.05) is 51.9 Å². The average Bonchev–Trinajstić information content (AvgIpc) is 1.98. The third-order valence-corrected chi connectivity index (χ3v) is 3.08. The standard InChI is InChI=1S/C6HBCl4F3.K/c8-2-1-3(9)6(11)4(5(2)10)7(12,13)14;/h1H;/q-1;+1. The van der Waals surface area contributed by atoms with Gasteiger partial charge in [-0.25, -0.2) is 0 Å². The molecule has 0 aliphatic rings. The summed E-state index contributed by atoms with van der Waals surface area (Å²) in [6, 6.07) is 1.07. The van der Waals surface area contributed by atoms with Crippen LogP contribution in [0.4, 0.5) is 12.9 Å². The van der Waals surface area contributed by atoms with Crippen molar-refractivity contribution in [2.45, 2.75) is 0 Å². The Morgan fingerprint density at radius 1 is 0.867 bits per heavy atom. The Bertz CT molecular complexity index is 355. The molecule has 9 heteroatoms. The van der Waals surface area contributed by atoms with Crippen molar-refractivity contribution in [1.29, 1.82) is 0 Å². The van der Waals surface area contributed by atoms with Crippen molar-refractivity contribution >= 4 is 58.8 Å². The van der Waals surface area contributed by atoms with E-state index < -0.39 is 22.5 Å². The molecule has 78 valence electrons. The first-order valence-corrected chi connectivity index (χ1v) is 4.79. The second-order valence-corrected chi connectivity index (χ2v) is 4.03. The van der Waals surface area contributed by atoms with Gasteiger partial charge in [0, 0.05) is 10.0 Å². The van der Waals surface area contributed by atoms with Gasteiger partial charge in [-0.3, -0.25) is 0 Å². The monoisotopic (exact) mass is 320 g/mol. The molecule has 0 spiro atoms. The number of hydrogen-bond acceptors (Lipinski definition) is 0. The van der Waals surface area contributed by atoms with Gasteiger partial charge in [-0.2, -0.15) is 0 Å². The van der Waals surface area contributed by atoms with E-state index in [1.54, 1.807) is 0 Å². The Labute approximate surface area is 147 Å². The summed E-state index contributed by atoms with van der Waals surface area (Å²) in [6.45, 7) is -5.33. The van der Waals surface area contributed by atoms with Crippen molar-refractivity contribution in [3.8, 4) is 0 Å². The molecule has 0 radical (unpaired) electrons. The largest absolute Gasteiger partial charge is 1.00 e. The predicted molar refractivity (Wildman–Crippen MR) is 55.2 cm³/mol. The molecule has 0 amide bonds. The minimum atomic E-state index is -5.33. The van der Waals surface area contributed by atoms with Crippen molar-refractivity contribution in [2.24, 2.45) is 0 Å². The first-order chi connectivity index (χ1) is 6.25. The number of halogens is 7. The van der Waals surface area contributed by atoms with Gasteiger partial charge in [-0.15, -0.1) is 0 Å². The van der Waals surface area contributed by atoms with E-state index in [0.717, 1.165) is 6.07 Å². The van der Waals surface area contributed by atoms with Crippen LogP contribution in [0.5, 0.6) is 0 Å². The fraction of sp³-hybridized carbons (Fsp3) is 0. The second-order valence-electron chi connectivity index (χ2n) is 2.46. The van der Waals surface area contributed by atoms with E-state index in [1.165, 1.54) is 0 Å². The molecule has 1 aromatic carbocycles. The molecule has 0 aliphatic heterocycles. The van der Waals surface area contributed by atoms with E-state index in [0.29, 0.717) is 0 Å². The van der Waals surface area contributed by atoms with Crippen molar-refractivity contribution in [3.05, 3.63) is 26.2 Å². The van der Waals surface area contributed by atoms with E-state index in [2.05, 4.69) is 0 Å². The molecular weight excluding hydrogens is 321 g/mol. The molecule has 0 nitrogen and oxygen atoms in total. The summed E-state index contributed by atoms with van der Waals surface area (Å²) in [5.41, 5.74) is -1.15. The third-order valence-electron chi connectivity index (χ3n) is 1.47. The van der Waals surface area contributed by atoms with Crippen LogP contribution >= 0.6 is 46.4 Å². The van der Waals surface area contributed by atoms with Gasteiger partial charge in [0.2, 0.25) is 0 Å². The van der Waals surface area contributed by atoms with Crippen molar-refractivity contribution in [3.63, 3.8) is 0 Å². The average molecular weight is 322 g/mol. The summed E-state index contributed by atoms with van der Waals surface area (Å²) in [6.07, 6.45) is 0. The van der Waals surface area contributed by atoms with Gasteiger partial charge < -0.3 is 12.9 Å². The zero-order chi connectivity index (χ0) is 11.1. The molecule has 0 saturated heterocycles. The molecule has 0 aliphatic carbocycles. The molecule has 0 fully saturated rings. The molecule has 0 bridgehead atoms. The number of hydrogen-bond donors (Lipinski definition) is 0. The van der Waals surface area contributed by atoms with Gasteiger partial charge in [0.15, 0.2) is 0 Å². The summed E-state index contributed by atoms with van der Waals surface area (Å²) < 4.78 is 37.3. The van der Waals surface area contributed by atoms with Crippen LogP contribution in [-0.4, -0.2) is 6.98 Å². The summed E-state index contributed by atoms with van der Waals surface area (Å²) in [7, 11) is 0. The minimum absolute atomic E-state index is 0. The van der Waals surface area contributed by atoms with Crippen LogP contribution in [0.25, 0.3) is 0 Å². The van der Waals surface area contributed by atoms with Crippen molar-refractivity contribution in [2.75, 3.05) is 0 Å². The van der Waals surface area contributed by atoms with Crippen molar-refractivity contribution in [1.82, 2.24) is 0 Å². The molecule has 1 rings (SSSR count). The molecule has 0 unspecified atom stereocenters. The predicted octanol–water partition coefficient (Wildman–Crippen LogP) is 1.36. The minimum Gasteiger partial charge on any atom is -0.445 e. The van der Waals surface area contributed by atoms with Crippen LogP contribution in [0, 0.1) is 0 Å². The number of benzene rings is 1. The van der Waals surface area contributed by atoms with Crippen molar-refractivity contribution < 1.29 is 64.3 Å². The van der Waals surface area contributed by atoms with Crippen LogP contribution in [-0.2, 0) is 0 Å². The molecule has 0 atom stereocenters. The Kier molecular flexibility index (Phi) is 6.93. The van der Waals surface area contributed by atoms with Crippen LogP contribution in [0.2, 0.25) is 20.1 Å². The summed E-state index contributed by atoms with van der Waals surface area (Å²) in [5, 5.41) is -1.77. The maximum Gasteiger partial charge on any atom is 1.00 e. The van der Waals surface area contributed by atoms with E-state index in [9.17, 15) is 12.9 Å². The van der Waals surface area contributed by atoms with E-state index in [1.807, 2.05) is 0 Å². The molecule has 0 heterocycles. The van der Waals surface area contributed by atoms with Crippen LogP contribution in [0.3, 0.4) is 0 Å². The Morgan fingerprint density at radius 2 is 1.20 bits per heavy atom. The molecule has 0 aromatic heterocycles. The molecular formula is C6HBCl4F3K. The van der Waals surface area contributed by atoms with E-state index >= 15 is 0 Å². The zero-order valence-electron chi connectivity index (χ0n) is 7.30. The Hall–Kier alpha value is 1.87. The Balaban J connectivity index is 0.00000196. The molecule has 15 heavy (non-hydrogen) atoms. The first-order valence-electron chi connectivity index (χ1n) is 3.28. The third kappa shape index (κ3) is 3.93. The maximum atomic E-state index is 12.4. The maximum absolute atomic E-state index is 12.4. The zero-order valence-corrected chi connectivity index (χ0v) is 13.4. The molecule has 0 N–H and O–H groups in total. The molecule has 1 aromatic rings.